The molecule has 1 heterocycles. The van der Waals surface area contributed by atoms with Gasteiger partial charge in [-0.05, 0) is 26.0 Å². The first-order valence-electron chi connectivity index (χ1n) is 5.14. The molecule has 0 aliphatic carbocycles. The Labute approximate surface area is 108 Å². The highest BCUT2D eigenvalue weighted by molar-refractivity contribution is 7.84. The quantitative estimate of drug-likeness (QED) is 0.848. The highest BCUT2D eigenvalue weighted by atomic mass is 35.5. The molecule has 17 heavy (non-hydrogen) atoms. The summed E-state index contributed by atoms with van der Waals surface area (Å²) in [4.78, 5) is 15.8. The van der Waals surface area contributed by atoms with Gasteiger partial charge < -0.3 is 5.32 Å². The predicted molar refractivity (Wildman–Crippen MR) is 69.8 cm³/mol. The fourth-order valence-corrected chi connectivity index (χ4v) is 1.78. The summed E-state index contributed by atoms with van der Waals surface area (Å²) in [5.74, 6) is -0.227. The van der Waals surface area contributed by atoms with Crippen LogP contribution in [0.15, 0.2) is 12.1 Å². The number of pyridine rings is 1. The Hall–Kier alpha value is -0.940. The molecule has 0 aromatic carbocycles. The Kier molecular flexibility index (Phi) is 5.08. The molecule has 0 saturated carbocycles. The van der Waals surface area contributed by atoms with Crippen LogP contribution < -0.4 is 5.32 Å². The molecule has 0 saturated heterocycles. The molecule has 0 radical (unpaired) electrons. The minimum Gasteiger partial charge on any atom is -0.351 e. The Morgan fingerprint density at radius 1 is 1.59 bits per heavy atom. The van der Waals surface area contributed by atoms with E-state index in [2.05, 4.69) is 10.3 Å². The van der Waals surface area contributed by atoms with Crippen molar-refractivity contribution < 1.29 is 9.00 Å². The van der Waals surface area contributed by atoms with Crippen molar-refractivity contribution in [2.45, 2.75) is 19.1 Å². The molecule has 0 aliphatic rings. The van der Waals surface area contributed by atoms with Gasteiger partial charge in [-0.1, -0.05) is 11.6 Å². The van der Waals surface area contributed by atoms with Crippen LogP contribution in [0, 0.1) is 6.92 Å². The summed E-state index contributed by atoms with van der Waals surface area (Å²) in [7, 11) is -0.945. The van der Waals surface area contributed by atoms with Gasteiger partial charge in [0.05, 0.1) is 0 Å². The minimum absolute atomic E-state index is 0.0719. The van der Waals surface area contributed by atoms with Crippen molar-refractivity contribution in [3.05, 3.63) is 28.5 Å². The van der Waals surface area contributed by atoms with E-state index in [1.807, 2.05) is 6.92 Å². The van der Waals surface area contributed by atoms with E-state index in [4.69, 9.17) is 11.6 Å². The van der Waals surface area contributed by atoms with Crippen LogP contribution in [0.3, 0.4) is 0 Å². The van der Waals surface area contributed by atoms with Gasteiger partial charge >= 0.3 is 0 Å². The standard InChI is InChI=1S/C11H15ClN2O2S/c1-7-4-9(5-10(12)14-7)11(15)13-6-8(2)17(3)16/h4-5,8H,6H2,1-3H3,(H,13,15). The number of hydrogen-bond donors (Lipinski definition) is 1. The Balaban J connectivity index is 2.67. The zero-order valence-electron chi connectivity index (χ0n) is 9.99. The average Bonchev–Trinajstić information content (AvgIpc) is 2.23. The summed E-state index contributed by atoms with van der Waals surface area (Å²) < 4.78 is 11.1. The number of nitrogens with one attached hydrogen (secondary N) is 1. The van der Waals surface area contributed by atoms with Gasteiger partial charge in [0, 0.05) is 40.1 Å². The number of nitrogens with zero attached hydrogens (tertiary/aromatic N) is 1. The monoisotopic (exact) mass is 274 g/mol. The molecule has 0 aliphatic heterocycles. The first-order valence-corrected chi connectivity index (χ1v) is 7.14. The van der Waals surface area contributed by atoms with E-state index in [9.17, 15) is 9.00 Å². The molecular formula is C11H15ClN2O2S. The summed E-state index contributed by atoms with van der Waals surface area (Å²) in [6.07, 6.45) is 1.62. The third kappa shape index (κ3) is 4.44. The van der Waals surface area contributed by atoms with Crippen molar-refractivity contribution in [3.63, 3.8) is 0 Å². The number of carbonyl (C=O) groups is 1. The zero-order chi connectivity index (χ0) is 13.0. The molecule has 1 aromatic heterocycles. The molecule has 0 fully saturated rings. The van der Waals surface area contributed by atoms with Crippen LogP contribution in [0.2, 0.25) is 5.15 Å². The Morgan fingerprint density at radius 2 is 2.24 bits per heavy atom. The molecule has 0 spiro atoms. The number of amides is 1. The maximum Gasteiger partial charge on any atom is 0.251 e. The highest BCUT2D eigenvalue weighted by Crippen LogP contribution is 2.10. The van der Waals surface area contributed by atoms with Crippen LogP contribution in [0.4, 0.5) is 0 Å². The SMILES string of the molecule is Cc1cc(C(=O)NCC(C)S(C)=O)cc(Cl)n1. The maximum absolute atomic E-state index is 11.8. The smallest absolute Gasteiger partial charge is 0.251 e. The molecule has 6 heteroatoms. The molecular weight excluding hydrogens is 260 g/mol. The highest BCUT2D eigenvalue weighted by Gasteiger charge is 2.11. The third-order valence-corrected chi connectivity index (χ3v) is 3.79. The molecule has 1 N–H and O–H groups in total. The molecule has 4 nitrogen and oxygen atoms in total. The van der Waals surface area contributed by atoms with Crippen LogP contribution in [0.5, 0.6) is 0 Å². The molecule has 94 valence electrons. The van der Waals surface area contributed by atoms with Gasteiger partial charge in [0.15, 0.2) is 0 Å². The van der Waals surface area contributed by atoms with E-state index in [1.165, 1.54) is 6.07 Å². The van der Waals surface area contributed by atoms with Crippen molar-refractivity contribution in [3.8, 4) is 0 Å². The van der Waals surface area contributed by atoms with Gasteiger partial charge in [-0.15, -0.1) is 0 Å². The fourth-order valence-electron chi connectivity index (χ4n) is 1.21. The molecule has 1 rings (SSSR count). The summed E-state index contributed by atoms with van der Waals surface area (Å²) in [5, 5.41) is 2.94. The molecule has 2 unspecified atom stereocenters. The van der Waals surface area contributed by atoms with E-state index in [0.29, 0.717) is 23.0 Å². The second kappa shape index (κ2) is 6.12. The molecule has 0 bridgehead atoms. The number of rotatable bonds is 4. The Morgan fingerprint density at radius 3 is 2.76 bits per heavy atom. The second-order valence-electron chi connectivity index (χ2n) is 3.84. The average molecular weight is 275 g/mol. The fraction of sp³-hybridized carbons (Fsp3) is 0.455. The summed E-state index contributed by atoms with van der Waals surface area (Å²) in [6, 6.07) is 3.17. The topological polar surface area (TPSA) is 59.1 Å². The van der Waals surface area contributed by atoms with Gasteiger partial charge in [-0.2, -0.15) is 0 Å². The van der Waals surface area contributed by atoms with Crippen molar-refractivity contribution in [2.75, 3.05) is 12.8 Å². The number of aryl methyl sites for hydroxylation is 1. The maximum atomic E-state index is 11.8. The number of aromatic nitrogens is 1. The minimum atomic E-state index is -0.945. The lowest BCUT2D eigenvalue weighted by atomic mass is 10.2. The summed E-state index contributed by atoms with van der Waals surface area (Å²) in [6.45, 7) is 3.97. The predicted octanol–water partition coefficient (Wildman–Crippen LogP) is 1.54. The van der Waals surface area contributed by atoms with Crippen LogP contribution in [-0.4, -0.2) is 33.2 Å². The second-order valence-corrected chi connectivity index (χ2v) is 6.03. The van der Waals surface area contributed by atoms with Crippen molar-refractivity contribution >= 4 is 28.3 Å². The molecule has 2 atom stereocenters. The Bertz CT molecular complexity index is 431. The van der Waals surface area contributed by atoms with E-state index in [-0.39, 0.29) is 11.2 Å². The van der Waals surface area contributed by atoms with E-state index >= 15 is 0 Å². The molecule has 1 amide bonds. The lowest BCUT2D eigenvalue weighted by Gasteiger charge is -2.10. The van der Waals surface area contributed by atoms with Gasteiger partial charge in [0.1, 0.15) is 5.15 Å². The summed E-state index contributed by atoms with van der Waals surface area (Å²) in [5.41, 5.74) is 1.16. The van der Waals surface area contributed by atoms with Crippen LogP contribution in [0.1, 0.15) is 23.0 Å². The van der Waals surface area contributed by atoms with Crippen LogP contribution in [-0.2, 0) is 10.8 Å². The van der Waals surface area contributed by atoms with Crippen molar-refractivity contribution in [2.24, 2.45) is 0 Å². The zero-order valence-corrected chi connectivity index (χ0v) is 11.6. The van der Waals surface area contributed by atoms with Gasteiger partial charge in [0.2, 0.25) is 0 Å². The number of halogens is 1. The number of carbonyl (C=O) groups excluding carboxylic acids is 1. The normalized spacial score (nSPS) is 14.1. The van der Waals surface area contributed by atoms with Crippen molar-refractivity contribution in [1.82, 2.24) is 10.3 Å². The van der Waals surface area contributed by atoms with Gasteiger partial charge in [0.25, 0.3) is 5.91 Å². The van der Waals surface area contributed by atoms with Crippen LogP contribution in [0.25, 0.3) is 0 Å². The summed E-state index contributed by atoms with van der Waals surface area (Å²) >= 11 is 5.77. The van der Waals surface area contributed by atoms with Crippen LogP contribution >= 0.6 is 11.6 Å². The van der Waals surface area contributed by atoms with Crippen molar-refractivity contribution in [1.29, 1.82) is 0 Å². The van der Waals surface area contributed by atoms with E-state index in [1.54, 1.807) is 19.2 Å². The van der Waals surface area contributed by atoms with Gasteiger partial charge in [-0.3, -0.25) is 9.00 Å². The molecule has 1 aromatic rings. The third-order valence-electron chi connectivity index (χ3n) is 2.30. The van der Waals surface area contributed by atoms with E-state index in [0.717, 1.165) is 0 Å². The first kappa shape index (κ1) is 14.1. The lowest BCUT2D eigenvalue weighted by molar-refractivity contribution is 0.0954. The van der Waals surface area contributed by atoms with E-state index < -0.39 is 10.8 Å². The lowest BCUT2D eigenvalue weighted by Crippen LogP contribution is -2.32. The number of hydrogen-bond acceptors (Lipinski definition) is 3. The largest absolute Gasteiger partial charge is 0.351 e. The van der Waals surface area contributed by atoms with Gasteiger partial charge in [-0.25, -0.2) is 4.98 Å². The first-order chi connectivity index (χ1) is 7.90.